The van der Waals surface area contributed by atoms with E-state index < -0.39 is 0 Å². The normalized spacial score (nSPS) is 10.6. The van der Waals surface area contributed by atoms with E-state index in [1.807, 2.05) is 0 Å². The number of hydrogen-bond donors (Lipinski definition) is 0. The number of unbranched alkanes of at least 4 members (excludes halogenated alkanes) is 8. The van der Waals surface area contributed by atoms with Crippen molar-refractivity contribution in [2.24, 2.45) is 0 Å². The van der Waals surface area contributed by atoms with Crippen LogP contribution in [0.25, 0.3) is 5.41 Å². The maximum absolute atomic E-state index is 7.13. The maximum atomic E-state index is 7.13. The lowest BCUT2D eigenvalue weighted by molar-refractivity contribution is -0.890. The lowest BCUT2D eigenvalue weighted by Crippen LogP contribution is -2.41. The van der Waals surface area contributed by atoms with E-state index in [0.717, 1.165) is 0 Å². The molecule has 0 N–H and O–H groups in total. The molecule has 0 spiro atoms. The van der Waals surface area contributed by atoms with Gasteiger partial charge in [0.15, 0.2) is 0 Å². The van der Waals surface area contributed by atoms with Crippen molar-refractivity contribution in [1.82, 2.24) is 0 Å². The van der Waals surface area contributed by atoms with Gasteiger partial charge < -0.3 is 9.89 Å². The van der Waals surface area contributed by atoms with Gasteiger partial charge in [-0.1, -0.05) is 64.6 Å². The zero-order valence-electron chi connectivity index (χ0n) is 14.3. The molecule has 2 nitrogen and oxygen atoms in total. The summed E-state index contributed by atoms with van der Waals surface area (Å²) in [7, 11) is 4.80. The molecule has 0 atom stereocenters. The molecule has 0 aliphatic rings. The summed E-state index contributed by atoms with van der Waals surface area (Å²) < 4.78 is 1.23. The number of rotatable bonds is 12. The largest absolute Gasteiger partial charge is 0.753 e. The first kappa shape index (κ1) is 22.0. The van der Waals surface area contributed by atoms with Crippen molar-refractivity contribution < 1.29 is 4.48 Å². The lowest BCUT2D eigenvalue weighted by Gasteiger charge is -2.30. The highest BCUT2D eigenvalue weighted by Crippen LogP contribution is 2.10. The first-order valence-electron chi connectivity index (χ1n) is 8.37. The van der Waals surface area contributed by atoms with Gasteiger partial charge in [0.1, 0.15) is 0 Å². The second-order valence-electron chi connectivity index (χ2n) is 6.30. The average molecular weight is 301 g/mol. The Kier molecular flexibility index (Phi) is 18.5. The van der Waals surface area contributed by atoms with E-state index in [2.05, 4.69) is 40.2 Å². The number of thiocarbonyl (C=S) groups is 1. The summed E-state index contributed by atoms with van der Waals surface area (Å²) in [6.45, 7) is 7.32. The molecule has 0 saturated heterocycles. The van der Waals surface area contributed by atoms with Crippen molar-refractivity contribution in [3.8, 4) is 0 Å². The second-order valence-corrected chi connectivity index (χ2v) is 6.49. The fourth-order valence-corrected chi connectivity index (χ4v) is 2.40. The molecule has 0 radical (unpaired) electrons. The summed E-state index contributed by atoms with van der Waals surface area (Å²) in [5.74, 6) is 0. The quantitative estimate of drug-likeness (QED) is 0.197. The third kappa shape index (κ3) is 20.1. The number of hydrogen-bond acceptors (Lipinski definition) is 1. The Balaban J connectivity index is 0. The standard InChI is InChI=1S/C16H36N.CNS/c1-5-7-9-11-13-15-17(3,4)16-14-12-10-8-6-2;2-1-3/h5-16H2,1-4H3;/q+1;-1. The minimum absolute atomic E-state index is 1.23. The van der Waals surface area contributed by atoms with Gasteiger partial charge in [0.05, 0.1) is 27.2 Å². The van der Waals surface area contributed by atoms with Crippen LogP contribution in [0.2, 0.25) is 0 Å². The summed E-state index contributed by atoms with van der Waals surface area (Å²) in [4.78, 5) is 0. The van der Waals surface area contributed by atoms with Gasteiger partial charge in [-0.15, -0.1) is 0 Å². The van der Waals surface area contributed by atoms with E-state index >= 15 is 0 Å². The average Bonchev–Trinajstić information content (AvgIpc) is 2.39. The maximum Gasteiger partial charge on any atom is 0.0782 e. The summed E-state index contributed by atoms with van der Waals surface area (Å²) in [6, 6.07) is 0. The molecular formula is C17H36N2S. The summed E-state index contributed by atoms with van der Waals surface area (Å²) >= 11 is 3.70. The van der Waals surface area contributed by atoms with Gasteiger partial charge in [0, 0.05) is 0 Å². The van der Waals surface area contributed by atoms with Crippen LogP contribution < -0.4 is 0 Å². The Labute approximate surface area is 133 Å². The molecule has 0 aliphatic heterocycles. The Morgan fingerprint density at radius 3 is 1.35 bits per heavy atom. The highest BCUT2D eigenvalue weighted by molar-refractivity contribution is 7.78. The van der Waals surface area contributed by atoms with Crippen LogP contribution in [0.1, 0.15) is 78.1 Å². The Hall–Kier alpha value is -0.240. The van der Waals surface area contributed by atoms with Gasteiger partial charge in [0.2, 0.25) is 0 Å². The van der Waals surface area contributed by atoms with E-state index in [0.29, 0.717) is 0 Å². The van der Waals surface area contributed by atoms with Crippen molar-refractivity contribution in [1.29, 1.82) is 0 Å². The molecule has 0 rings (SSSR count). The van der Waals surface area contributed by atoms with Crippen LogP contribution >= 0.6 is 12.2 Å². The van der Waals surface area contributed by atoms with Crippen LogP contribution in [0.4, 0.5) is 0 Å². The number of quaternary nitrogens is 1. The molecule has 120 valence electrons. The van der Waals surface area contributed by atoms with Crippen LogP contribution in [0.5, 0.6) is 0 Å². The van der Waals surface area contributed by atoms with E-state index in [9.17, 15) is 0 Å². The molecule has 0 heterocycles. The third-order valence-corrected chi connectivity index (χ3v) is 3.73. The first-order chi connectivity index (χ1) is 9.54. The molecule has 0 bridgehead atoms. The minimum atomic E-state index is 1.23. The second kappa shape index (κ2) is 16.8. The van der Waals surface area contributed by atoms with Crippen molar-refractivity contribution in [3.05, 3.63) is 5.41 Å². The monoisotopic (exact) mass is 300 g/mol. The van der Waals surface area contributed by atoms with Crippen LogP contribution in [-0.4, -0.2) is 36.8 Å². The highest BCUT2D eigenvalue weighted by atomic mass is 32.1. The van der Waals surface area contributed by atoms with Gasteiger partial charge in [-0.3, -0.25) is 0 Å². The molecule has 0 fully saturated rings. The SMILES string of the molecule is CCCCCCC[N+](C)(C)CCCCCCC.[N-]=C=S. The predicted octanol–water partition coefficient (Wildman–Crippen LogP) is 5.66. The first-order valence-corrected chi connectivity index (χ1v) is 8.78. The summed E-state index contributed by atoms with van der Waals surface area (Å²) in [5.41, 5.74) is 0. The van der Waals surface area contributed by atoms with E-state index in [1.165, 1.54) is 86.9 Å². The highest BCUT2D eigenvalue weighted by Gasteiger charge is 2.13. The third-order valence-electron chi connectivity index (χ3n) is 3.73. The molecule has 0 aromatic carbocycles. The molecule has 0 aliphatic carbocycles. The van der Waals surface area contributed by atoms with Gasteiger partial charge in [-0.25, -0.2) is 0 Å². The zero-order chi connectivity index (χ0) is 15.7. The van der Waals surface area contributed by atoms with Crippen molar-refractivity contribution in [2.45, 2.75) is 78.1 Å². The van der Waals surface area contributed by atoms with Gasteiger partial charge in [-0.2, -0.15) is 5.16 Å². The molecule has 0 amide bonds. The van der Waals surface area contributed by atoms with E-state index in [4.69, 9.17) is 5.41 Å². The fourth-order valence-electron chi connectivity index (χ4n) is 2.40. The van der Waals surface area contributed by atoms with Crippen molar-refractivity contribution in [3.63, 3.8) is 0 Å². The molecule has 0 aromatic rings. The molecule has 20 heavy (non-hydrogen) atoms. The number of isothiocyanates is 1. The zero-order valence-corrected chi connectivity index (χ0v) is 15.1. The van der Waals surface area contributed by atoms with Crippen molar-refractivity contribution >= 4 is 17.4 Å². The van der Waals surface area contributed by atoms with Gasteiger partial charge in [0.25, 0.3) is 0 Å². The topological polar surface area (TPSA) is 22.3 Å². The molecular weight excluding hydrogens is 264 g/mol. The predicted molar refractivity (Wildman–Crippen MR) is 95.3 cm³/mol. The molecule has 0 unspecified atom stereocenters. The molecule has 3 heteroatoms. The van der Waals surface area contributed by atoms with Crippen LogP contribution in [0.15, 0.2) is 0 Å². The Morgan fingerprint density at radius 1 is 0.750 bits per heavy atom. The van der Waals surface area contributed by atoms with Gasteiger partial charge in [-0.05, 0) is 25.7 Å². The smallest absolute Gasteiger partial charge is 0.0782 e. The van der Waals surface area contributed by atoms with E-state index in [1.54, 1.807) is 0 Å². The van der Waals surface area contributed by atoms with Crippen LogP contribution in [0.3, 0.4) is 0 Å². The van der Waals surface area contributed by atoms with Crippen LogP contribution in [-0.2, 0) is 0 Å². The number of nitrogens with zero attached hydrogens (tertiary/aromatic N) is 2. The van der Waals surface area contributed by atoms with Crippen LogP contribution in [0, 0.1) is 0 Å². The lowest BCUT2D eigenvalue weighted by atomic mass is 10.1. The molecule has 0 aromatic heterocycles. The van der Waals surface area contributed by atoms with E-state index in [-0.39, 0.29) is 0 Å². The minimum Gasteiger partial charge on any atom is -0.753 e. The molecule has 0 saturated carbocycles. The Morgan fingerprint density at radius 2 is 1.05 bits per heavy atom. The summed E-state index contributed by atoms with van der Waals surface area (Å²) in [5, 5.41) is 8.47. The Bertz CT molecular complexity index is 205. The van der Waals surface area contributed by atoms with Gasteiger partial charge >= 0.3 is 0 Å². The fraction of sp³-hybridized carbons (Fsp3) is 0.941. The summed E-state index contributed by atoms with van der Waals surface area (Å²) in [6.07, 6.45) is 14.1. The van der Waals surface area contributed by atoms with Crippen molar-refractivity contribution in [2.75, 3.05) is 27.2 Å².